The number of aryl methyl sites for hydroxylation is 1. The zero-order valence-electron chi connectivity index (χ0n) is 9.49. The topological polar surface area (TPSA) is 63.8 Å². The van der Waals surface area contributed by atoms with Gasteiger partial charge in [-0.1, -0.05) is 6.92 Å². The Bertz CT molecular complexity index is 272. The van der Waals surface area contributed by atoms with Crippen LogP contribution in [0.2, 0.25) is 0 Å². The van der Waals surface area contributed by atoms with Gasteiger partial charge in [0.25, 0.3) is 0 Å². The van der Waals surface area contributed by atoms with Gasteiger partial charge in [-0.25, -0.2) is 4.98 Å². The fourth-order valence-electron chi connectivity index (χ4n) is 1.27. The predicted molar refractivity (Wildman–Crippen MR) is 65.3 cm³/mol. The van der Waals surface area contributed by atoms with Crippen LogP contribution in [-0.4, -0.2) is 21.9 Å². The molecule has 0 saturated carbocycles. The molecule has 0 radical (unpaired) electrons. The Morgan fingerprint density at radius 2 is 2.33 bits per heavy atom. The molecule has 1 aromatic heterocycles. The number of nitrogens with one attached hydrogen (secondary N) is 1. The summed E-state index contributed by atoms with van der Waals surface area (Å²) in [6.45, 7) is 5.10. The molecule has 0 aliphatic heterocycles. The minimum absolute atomic E-state index is 0.289. The van der Waals surface area contributed by atoms with E-state index in [-0.39, 0.29) is 6.04 Å². The quantitative estimate of drug-likeness (QED) is 0.701. The van der Waals surface area contributed by atoms with Crippen LogP contribution in [0.4, 0.5) is 5.13 Å². The number of hydrogen-bond acceptors (Lipinski definition) is 5. The lowest BCUT2D eigenvalue weighted by molar-refractivity contribution is 0.639. The minimum Gasteiger partial charge on any atom is -0.360 e. The molecule has 0 amide bonds. The van der Waals surface area contributed by atoms with Gasteiger partial charge in [0.2, 0.25) is 5.13 Å². The van der Waals surface area contributed by atoms with Crippen molar-refractivity contribution in [1.29, 1.82) is 0 Å². The SMILES string of the molecule is CCCc1nsc(NCCCC(C)N)n1. The Morgan fingerprint density at radius 1 is 1.53 bits per heavy atom. The van der Waals surface area contributed by atoms with Gasteiger partial charge in [-0.15, -0.1) is 0 Å². The molecule has 86 valence electrons. The summed E-state index contributed by atoms with van der Waals surface area (Å²) in [5.41, 5.74) is 5.66. The Hall–Kier alpha value is -0.680. The van der Waals surface area contributed by atoms with Gasteiger partial charge in [-0.2, -0.15) is 4.37 Å². The highest BCUT2D eigenvalue weighted by Crippen LogP contribution is 2.12. The molecule has 1 atom stereocenters. The van der Waals surface area contributed by atoms with Crippen molar-refractivity contribution in [3.05, 3.63) is 5.82 Å². The van der Waals surface area contributed by atoms with Crippen molar-refractivity contribution in [3.63, 3.8) is 0 Å². The fourth-order valence-corrected chi connectivity index (χ4v) is 1.91. The molecule has 1 rings (SSSR count). The van der Waals surface area contributed by atoms with E-state index >= 15 is 0 Å². The standard InChI is InChI=1S/C10H20N4S/c1-3-5-9-13-10(15-14-9)12-7-4-6-8(2)11/h8H,3-7,11H2,1-2H3,(H,12,13,14). The number of anilines is 1. The van der Waals surface area contributed by atoms with E-state index in [0.29, 0.717) is 0 Å². The summed E-state index contributed by atoms with van der Waals surface area (Å²) in [5, 5.41) is 4.20. The molecule has 0 aliphatic carbocycles. The first-order chi connectivity index (χ1) is 7.22. The first-order valence-electron chi connectivity index (χ1n) is 5.54. The Balaban J connectivity index is 2.19. The summed E-state index contributed by atoms with van der Waals surface area (Å²) in [4.78, 5) is 4.38. The summed E-state index contributed by atoms with van der Waals surface area (Å²) < 4.78 is 4.26. The van der Waals surface area contributed by atoms with Crippen LogP contribution < -0.4 is 11.1 Å². The molecule has 0 bridgehead atoms. The molecule has 4 nitrogen and oxygen atoms in total. The fraction of sp³-hybridized carbons (Fsp3) is 0.800. The zero-order valence-corrected chi connectivity index (χ0v) is 10.3. The van der Waals surface area contributed by atoms with Gasteiger partial charge in [0, 0.05) is 30.5 Å². The molecular weight excluding hydrogens is 208 g/mol. The van der Waals surface area contributed by atoms with E-state index in [1.807, 2.05) is 6.92 Å². The van der Waals surface area contributed by atoms with Crippen molar-refractivity contribution in [2.45, 2.75) is 45.6 Å². The average Bonchev–Trinajstić information content (AvgIpc) is 2.61. The molecule has 5 heteroatoms. The smallest absolute Gasteiger partial charge is 0.202 e. The van der Waals surface area contributed by atoms with Gasteiger partial charge >= 0.3 is 0 Å². The zero-order chi connectivity index (χ0) is 11.1. The molecule has 1 heterocycles. The van der Waals surface area contributed by atoms with Crippen molar-refractivity contribution < 1.29 is 0 Å². The van der Waals surface area contributed by atoms with Crippen LogP contribution in [0.5, 0.6) is 0 Å². The number of nitrogens with zero attached hydrogens (tertiary/aromatic N) is 2. The third kappa shape index (κ3) is 5.09. The van der Waals surface area contributed by atoms with Crippen LogP contribution in [-0.2, 0) is 6.42 Å². The maximum Gasteiger partial charge on any atom is 0.202 e. The second-order valence-corrected chi connectivity index (χ2v) is 4.56. The molecule has 0 fully saturated rings. The summed E-state index contributed by atoms with van der Waals surface area (Å²) in [7, 11) is 0. The van der Waals surface area contributed by atoms with Crippen LogP contribution in [0, 0.1) is 0 Å². The summed E-state index contributed by atoms with van der Waals surface area (Å²) >= 11 is 1.44. The first kappa shape index (κ1) is 12.4. The molecule has 0 aromatic carbocycles. The van der Waals surface area contributed by atoms with Crippen molar-refractivity contribution in [2.24, 2.45) is 5.73 Å². The highest BCUT2D eigenvalue weighted by Gasteiger charge is 2.02. The Morgan fingerprint density at radius 3 is 3.00 bits per heavy atom. The van der Waals surface area contributed by atoms with E-state index in [0.717, 1.165) is 43.2 Å². The van der Waals surface area contributed by atoms with Crippen LogP contribution in [0.3, 0.4) is 0 Å². The first-order valence-corrected chi connectivity index (χ1v) is 6.31. The molecule has 15 heavy (non-hydrogen) atoms. The number of aromatic nitrogens is 2. The van der Waals surface area contributed by atoms with E-state index in [2.05, 4.69) is 21.6 Å². The number of rotatable bonds is 7. The third-order valence-electron chi connectivity index (χ3n) is 2.05. The summed E-state index contributed by atoms with van der Waals surface area (Å²) in [6, 6.07) is 0.289. The molecular formula is C10H20N4S. The second kappa shape index (κ2) is 6.74. The van der Waals surface area contributed by atoms with E-state index in [1.54, 1.807) is 0 Å². The monoisotopic (exact) mass is 228 g/mol. The number of hydrogen-bond donors (Lipinski definition) is 2. The predicted octanol–water partition coefficient (Wildman–Crippen LogP) is 2.03. The largest absolute Gasteiger partial charge is 0.360 e. The lowest BCUT2D eigenvalue weighted by atomic mass is 10.2. The van der Waals surface area contributed by atoms with Crippen molar-refractivity contribution in [2.75, 3.05) is 11.9 Å². The van der Waals surface area contributed by atoms with Gasteiger partial charge in [0.15, 0.2) is 0 Å². The van der Waals surface area contributed by atoms with Gasteiger partial charge < -0.3 is 11.1 Å². The third-order valence-corrected chi connectivity index (χ3v) is 2.76. The minimum atomic E-state index is 0.289. The second-order valence-electron chi connectivity index (χ2n) is 3.81. The van der Waals surface area contributed by atoms with E-state index in [9.17, 15) is 0 Å². The van der Waals surface area contributed by atoms with Crippen molar-refractivity contribution >= 4 is 16.7 Å². The maximum absolute atomic E-state index is 5.66. The van der Waals surface area contributed by atoms with E-state index < -0.39 is 0 Å². The highest BCUT2D eigenvalue weighted by molar-refractivity contribution is 7.09. The van der Waals surface area contributed by atoms with Gasteiger partial charge in [-0.3, -0.25) is 0 Å². The molecule has 1 aromatic rings. The van der Waals surface area contributed by atoms with Crippen LogP contribution >= 0.6 is 11.5 Å². The van der Waals surface area contributed by atoms with Gasteiger partial charge in [-0.05, 0) is 26.2 Å². The van der Waals surface area contributed by atoms with Crippen LogP contribution in [0.25, 0.3) is 0 Å². The molecule has 1 unspecified atom stereocenters. The number of nitrogens with two attached hydrogens (primary N) is 1. The van der Waals surface area contributed by atoms with Gasteiger partial charge in [0.05, 0.1) is 0 Å². The summed E-state index contributed by atoms with van der Waals surface area (Å²) in [5.74, 6) is 0.956. The Labute approximate surface area is 95.5 Å². The van der Waals surface area contributed by atoms with E-state index in [1.165, 1.54) is 11.5 Å². The lowest BCUT2D eigenvalue weighted by Gasteiger charge is -2.04. The van der Waals surface area contributed by atoms with Crippen molar-refractivity contribution in [1.82, 2.24) is 9.36 Å². The average molecular weight is 228 g/mol. The van der Waals surface area contributed by atoms with Crippen LogP contribution in [0.15, 0.2) is 0 Å². The van der Waals surface area contributed by atoms with Crippen molar-refractivity contribution in [3.8, 4) is 0 Å². The van der Waals surface area contributed by atoms with E-state index in [4.69, 9.17) is 5.73 Å². The Kier molecular flexibility index (Phi) is 5.57. The van der Waals surface area contributed by atoms with Gasteiger partial charge in [0.1, 0.15) is 5.82 Å². The lowest BCUT2D eigenvalue weighted by Crippen LogP contribution is -2.16. The molecule has 3 N–H and O–H groups in total. The molecule has 0 aliphatic rings. The van der Waals surface area contributed by atoms with Crippen LogP contribution in [0.1, 0.15) is 38.9 Å². The highest BCUT2D eigenvalue weighted by atomic mass is 32.1. The molecule has 0 spiro atoms. The molecule has 0 saturated heterocycles. The summed E-state index contributed by atoms with van der Waals surface area (Å²) in [6.07, 6.45) is 4.20. The maximum atomic E-state index is 5.66. The normalized spacial score (nSPS) is 12.7.